The number of carbonyl (C=O) groups is 4. The van der Waals surface area contributed by atoms with Crippen LogP contribution in [0.2, 0.25) is 0 Å². The Labute approximate surface area is 334 Å². The number of hydrogen-bond donors (Lipinski definition) is 10. The van der Waals surface area contributed by atoms with Gasteiger partial charge in [-0.15, -0.1) is 0 Å². The number of carboxylic acids is 1. The zero-order chi connectivity index (χ0) is 43.5. The Morgan fingerprint density at radius 1 is 0.983 bits per heavy atom. The Morgan fingerprint density at radius 3 is 2.33 bits per heavy atom. The third-order valence-corrected chi connectivity index (χ3v) is 12.1. The molecule has 7 atom stereocenters. The van der Waals surface area contributed by atoms with Gasteiger partial charge in [-0.3, -0.25) is 37.3 Å². The van der Waals surface area contributed by atoms with Crippen molar-refractivity contribution in [2.45, 2.75) is 83.0 Å². The van der Waals surface area contributed by atoms with E-state index in [-0.39, 0.29) is 54.4 Å². The molecule has 1 fully saturated rings. The topological polar surface area (TPSA) is 401 Å². The molecule has 0 radical (unpaired) electrons. The van der Waals surface area contributed by atoms with Crippen molar-refractivity contribution in [3.8, 4) is 0 Å². The van der Waals surface area contributed by atoms with E-state index < -0.39 is 90.5 Å². The van der Waals surface area contributed by atoms with Gasteiger partial charge in [0.25, 0.3) is 0 Å². The maximum atomic E-state index is 12.7. The first-order valence-electron chi connectivity index (χ1n) is 17.2. The number of rotatable bonds is 25. The Balaban J connectivity index is 1.44. The number of nitrogen functional groups attached to an aromatic ring is 1. The number of aliphatic carboxylic acids is 1. The van der Waals surface area contributed by atoms with Crippen LogP contribution in [0.25, 0.3) is 11.2 Å². The quantitative estimate of drug-likeness (QED) is 0.0451. The van der Waals surface area contributed by atoms with Crippen LogP contribution < -0.4 is 16.4 Å². The van der Waals surface area contributed by atoms with Crippen molar-refractivity contribution >= 4 is 75.1 Å². The van der Waals surface area contributed by atoms with E-state index in [1.54, 1.807) is 0 Å². The van der Waals surface area contributed by atoms with Crippen molar-refractivity contribution in [3.63, 3.8) is 0 Å². The lowest BCUT2D eigenvalue weighted by Crippen LogP contribution is -2.46. The molecule has 11 N–H and O–H groups in total. The van der Waals surface area contributed by atoms with Crippen LogP contribution in [0.15, 0.2) is 12.7 Å². The number of nitrogens with two attached hydrogens (primary N) is 1. The number of unbranched alkanes of at least 4 members (excludes halogenated alkanes) is 2. The van der Waals surface area contributed by atoms with E-state index in [1.807, 2.05) is 0 Å². The number of aliphatic hydroxyl groups excluding tert-OH is 2. The van der Waals surface area contributed by atoms with E-state index in [2.05, 4.69) is 34.4 Å². The van der Waals surface area contributed by atoms with Crippen molar-refractivity contribution in [3.05, 3.63) is 12.7 Å². The Kier molecular flexibility index (Phi) is 18.3. The summed E-state index contributed by atoms with van der Waals surface area (Å²) in [7, 11) is -16.4. The van der Waals surface area contributed by atoms with Gasteiger partial charge in [-0.1, -0.05) is 32.0 Å². The normalized spacial score (nSPS) is 21.2. The molecule has 58 heavy (non-hydrogen) atoms. The van der Waals surface area contributed by atoms with Gasteiger partial charge in [0.1, 0.15) is 36.3 Å². The van der Waals surface area contributed by atoms with Gasteiger partial charge in [0, 0.05) is 43.5 Å². The molecule has 3 heterocycles. The lowest BCUT2D eigenvalue weighted by atomic mass is 9.87. The molecular weight excluding hydrogens is 863 g/mol. The first kappa shape index (κ1) is 49.4. The van der Waals surface area contributed by atoms with Gasteiger partial charge in [-0.05, 0) is 12.8 Å². The van der Waals surface area contributed by atoms with Crippen molar-refractivity contribution in [1.82, 2.24) is 30.2 Å². The maximum Gasteiger partial charge on any atom is 0.481 e. The SMILES string of the molecule is CC(C)(COP(=O)(O)OP(=O)(O)OCC1OC(n2cnc3c(N)ncnc32)C(O)C1OP(=O)(O)O)C(O)C(=O)NCCC(=O)NCCSC(=O)CCCCCC(=O)O. The highest BCUT2D eigenvalue weighted by Crippen LogP contribution is 2.61. The van der Waals surface area contributed by atoms with Gasteiger partial charge in [-0.25, -0.2) is 28.6 Å². The number of nitrogens with zero attached hydrogens (tertiary/aromatic N) is 4. The number of aliphatic hydroxyl groups is 2. The van der Waals surface area contributed by atoms with Gasteiger partial charge < -0.3 is 56.0 Å². The van der Waals surface area contributed by atoms with Crippen LogP contribution in [0.5, 0.6) is 0 Å². The predicted octanol–water partition coefficient (Wildman–Crippen LogP) is -0.300. The molecule has 1 saturated heterocycles. The molecule has 2 amide bonds. The van der Waals surface area contributed by atoms with Crippen LogP contribution in [-0.4, -0.2) is 134 Å². The molecule has 0 spiro atoms. The molecule has 1 aliphatic rings. The molecule has 0 aliphatic carbocycles. The summed E-state index contributed by atoms with van der Waals surface area (Å²) in [6, 6.07) is 0. The van der Waals surface area contributed by atoms with Gasteiger partial charge in [0.2, 0.25) is 11.8 Å². The van der Waals surface area contributed by atoms with Gasteiger partial charge in [0.15, 0.2) is 22.8 Å². The number of amides is 2. The number of aromatic nitrogens is 4. The summed E-state index contributed by atoms with van der Waals surface area (Å²) >= 11 is 1.02. The average Bonchev–Trinajstić information content (AvgIpc) is 3.67. The van der Waals surface area contributed by atoms with Gasteiger partial charge in [0.05, 0.1) is 19.5 Å². The van der Waals surface area contributed by atoms with E-state index in [9.17, 15) is 62.7 Å². The summed E-state index contributed by atoms with van der Waals surface area (Å²) < 4.78 is 62.0. The molecule has 1 aliphatic heterocycles. The minimum absolute atomic E-state index is 0.0226. The van der Waals surface area contributed by atoms with Crippen molar-refractivity contribution < 1.29 is 90.4 Å². The van der Waals surface area contributed by atoms with Crippen molar-refractivity contribution in [1.29, 1.82) is 0 Å². The second kappa shape index (κ2) is 21.5. The minimum atomic E-state index is -5.58. The summed E-state index contributed by atoms with van der Waals surface area (Å²) in [5.41, 5.74) is 4.22. The second-order valence-electron chi connectivity index (χ2n) is 13.2. The summed E-state index contributed by atoms with van der Waals surface area (Å²) in [5, 5.41) is 34.8. The molecule has 0 aromatic carbocycles. The highest BCUT2D eigenvalue weighted by molar-refractivity contribution is 8.13. The van der Waals surface area contributed by atoms with E-state index in [0.29, 0.717) is 25.0 Å². The standard InChI is InChI=1S/C28H46N7O19P3S/c1-28(2,23(41)26(42)31-9-8-17(36)30-10-11-58-19(39)7-5-3-4-6-18(37)38)13-51-57(48,49)54-56(46,47)50-12-16-22(53-55(43,44)45)21(40)27(52-16)35-15-34-20-24(29)32-14-33-25(20)35/h14-16,21-23,27,40-41H,3-13H2,1-2H3,(H,30,36)(H,31,42)(H,37,38)(H,46,47)(H,48,49)(H2,29,32,33)(H2,43,44,45). The third-order valence-electron chi connectivity index (χ3n) is 8.04. The molecule has 26 nitrogen and oxygen atoms in total. The molecule has 30 heteroatoms. The summed E-state index contributed by atoms with van der Waals surface area (Å²) in [5.74, 6) is -2.12. The van der Waals surface area contributed by atoms with E-state index in [0.717, 1.165) is 29.0 Å². The number of carboxylic acid groups (broad SMARTS) is 1. The largest absolute Gasteiger partial charge is 0.481 e. The predicted molar refractivity (Wildman–Crippen MR) is 198 cm³/mol. The van der Waals surface area contributed by atoms with Crippen LogP contribution in [0.4, 0.5) is 5.82 Å². The van der Waals surface area contributed by atoms with E-state index in [1.165, 1.54) is 13.8 Å². The van der Waals surface area contributed by atoms with Gasteiger partial charge in [-0.2, -0.15) is 4.31 Å². The molecular formula is C28H46N7O19P3S. The minimum Gasteiger partial charge on any atom is -0.481 e. The molecule has 2 aromatic rings. The highest BCUT2D eigenvalue weighted by Gasteiger charge is 2.50. The number of imidazole rings is 1. The number of hydrogen-bond acceptors (Lipinski definition) is 19. The number of ether oxygens (including phenoxy) is 1. The number of nitrogens with one attached hydrogen (secondary N) is 2. The third kappa shape index (κ3) is 15.9. The fourth-order valence-corrected chi connectivity index (χ4v) is 8.64. The molecule has 0 saturated carbocycles. The lowest BCUT2D eigenvalue weighted by Gasteiger charge is -2.30. The molecule has 7 unspecified atom stereocenters. The molecule has 2 aromatic heterocycles. The smallest absolute Gasteiger partial charge is 0.481 e. The zero-order valence-corrected chi connectivity index (χ0v) is 34.5. The molecule has 3 rings (SSSR count). The fraction of sp³-hybridized carbons (Fsp3) is 0.679. The van der Waals surface area contributed by atoms with Crippen LogP contribution in [-0.2, 0) is 55.5 Å². The second-order valence-corrected chi connectivity index (χ2v) is 18.6. The highest BCUT2D eigenvalue weighted by atomic mass is 32.2. The van der Waals surface area contributed by atoms with E-state index >= 15 is 0 Å². The van der Waals surface area contributed by atoms with Crippen LogP contribution in [0.3, 0.4) is 0 Å². The average molecular weight is 910 g/mol. The molecule has 328 valence electrons. The van der Waals surface area contributed by atoms with Crippen LogP contribution in [0, 0.1) is 5.41 Å². The zero-order valence-electron chi connectivity index (χ0n) is 31.0. The maximum absolute atomic E-state index is 12.7. The van der Waals surface area contributed by atoms with E-state index in [4.69, 9.17) is 24.6 Å². The first-order chi connectivity index (χ1) is 26.9. The summed E-state index contributed by atoms with van der Waals surface area (Å²) in [6.45, 7) is 0.355. The number of thioether (sulfide) groups is 1. The first-order valence-corrected chi connectivity index (χ1v) is 22.7. The number of anilines is 1. The number of phosphoric acid groups is 3. The Morgan fingerprint density at radius 2 is 1.66 bits per heavy atom. The lowest BCUT2D eigenvalue weighted by molar-refractivity contribution is -0.137. The number of carbonyl (C=O) groups excluding carboxylic acids is 3. The van der Waals surface area contributed by atoms with Gasteiger partial charge >= 0.3 is 29.4 Å². The summed E-state index contributed by atoms with van der Waals surface area (Å²) in [6.07, 6.45) is -5.05. The van der Waals surface area contributed by atoms with Crippen molar-refractivity contribution in [2.24, 2.45) is 5.41 Å². The monoisotopic (exact) mass is 909 g/mol. The number of phosphoric ester groups is 3. The fourth-order valence-electron chi connectivity index (χ4n) is 5.09. The van der Waals surface area contributed by atoms with Crippen LogP contribution >= 0.6 is 35.2 Å². The molecule has 0 bridgehead atoms. The Bertz CT molecular complexity index is 1900. The summed E-state index contributed by atoms with van der Waals surface area (Å²) in [4.78, 5) is 98.0. The number of fused-ring (bicyclic) bond motifs is 1. The van der Waals surface area contributed by atoms with Crippen molar-refractivity contribution in [2.75, 3.05) is 37.8 Å². The Hall–Kier alpha value is -2.97. The van der Waals surface area contributed by atoms with Crippen LogP contribution in [0.1, 0.15) is 58.6 Å².